The van der Waals surface area contributed by atoms with E-state index in [0.717, 1.165) is 30.6 Å². The van der Waals surface area contributed by atoms with Crippen LogP contribution in [0.25, 0.3) is 0 Å². The molecule has 0 heterocycles. The molecule has 4 aliphatic rings. The lowest BCUT2D eigenvalue weighted by molar-refractivity contribution is -0.162. The van der Waals surface area contributed by atoms with Crippen molar-refractivity contribution >= 4 is 22.3 Å². The summed E-state index contributed by atoms with van der Waals surface area (Å²) in [6.45, 7) is 21.9. The summed E-state index contributed by atoms with van der Waals surface area (Å²) >= 11 is 0. The van der Waals surface area contributed by atoms with Crippen LogP contribution in [0.15, 0.2) is 5.16 Å². The summed E-state index contributed by atoms with van der Waals surface area (Å²) in [7, 11) is -1.54. The van der Waals surface area contributed by atoms with Crippen LogP contribution < -0.4 is 0 Å². The maximum absolute atomic E-state index is 7.19. The van der Waals surface area contributed by atoms with Crippen molar-refractivity contribution in [1.82, 2.24) is 0 Å². The molecule has 0 aliphatic heterocycles. The zero-order valence-electron chi connectivity index (χ0n) is 23.9. The zero-order valence-corrected chi connectivity index (χ0v) is 25.9. The summed E-state index contributed by atoms with van der Waals surface area (Å²) in [5, 5.41) is 4.39. The normalized spacial score (nSPS) is 44.8. The molecule has 4 fully saturated rings. The molecule has 34 heavy (non-hydrogen) atoms. The van der Waals surface area contributed by atoms with Gasteiger partial charge >= 0.3 is 0 Å². The van der Waals surface area contributed by atoms with Crippen molar-refractivity contribution in [3.63, 3.8) is 0 Å². The topological polar surface area (TPSA) is 40.0 Å². The Hall–Kier alpha value is -0.176. The third kappa shape index (κ3) is 4.99. The van der Waals surface area contributed by atoms with Gasteiger partial charge < -0.3 is 13.7 Å². The predicted molar refractivity (Wildman–Crippen MR) is 147 cm³/mol. The quantitative estimate of drug-likeness (QED) is 0.273. The molecule has 0 amide bonds. The fourth-order valence-electron chi connectivity index (χ4n) is 9.37. The fraction of sp³-hybridized carbons (Fsp3) is 0.964. The zero-order chi connectivity index (χ0) is 25.1. The third-order valence-corrected chi connectivity index (χ3v) is 12.4. The van der Waals surface area contributed by atoms with E-state index in [9.17, 15) is 0 Å². The summed E-state index contributed by atoms with van der Waals surface area (Å²) in [4.78, 5) is 5.19. The Labute approximate surface area is 212 Å². The number of hydrogen-bond acceptors (Lipinski definition) is 4. The Morgan fingerprint density at radius 3 is 2.26 bits per heavy atom. The molecule has 0 bridgehead atoms. The monoisotopic (exact) mass is 507 g/mol. The fourth-order valence-corrected chi connectivity index (χ4v) is 11.8. The van der Waals surface area contributed by atoms with E-state index in [1.54, 1.807) is 7.11 Å². The van der Waals surface area contributed by atoms with Crippen LogP contribution in [0, 0.1) is 40.4 Å². The van der Waals surface area contributed by atoms with Crippen LogP contribution in [0.5, 0.6) is 0 Å². The second kappa shape index (κ2) is 9.29. The van der Waals surface area contributed by atoms with Crippen molar-refractivity contribution in [1.29, 1.82) is 0 Å². The minimum atomic E-state index is -1.67. The maximum atomic E-state index is 7.19. The molecule has 4 saturated carbocycles. The Kier molecular flexibility index (Phi) is 7.34. The van der Waals surface area contributed by atoms with Crippen LogP contribution in [0.1, 0.15) is 72.1 Å². The van der Waals surface area contributed by atoms with Gasteiger partial charge in [0, 0.05) is 12.2 Å². The van der Waals surface area contributed by atoms with Crippen LogP contribution in [-0.4, -0.2) is 41.7 Å². The van der Waals surface area contributed by atoms with E-state index in [4.69, 9.17) is 13.7 Å². The summed E-state index contributed by atoms with van der Waals surface area (Å²) in [5.74, 6) is 3.69. The van der Waals surface area contributed by atoms with E-state index >= 15 is 0 Å². The number of nitrogens with zero attached hydrogens (tertiary/aromatic N) is 1. The molecule has 0 radical (unpaired) electrons. The molecule has 4 rings (SSSR count). The molecule has 4 nitrogen and oxygen atoms in total. The molecule has 6 heteroatoms. The van der Waals surface area contributed by atoms with Gasteiger partial charge in [-0.05, 0) is 138 Å². The summed E-state index contributed by atoms with van der Waals surface area (Å²) < 4.78 is 13.9. The third-order valence-electron chi connectivity index (χ3n) is 10.3. The molecule has 9 atom stereocenters. The SMILES string of the molecule is CON=C1CC[C@]2(C)C3C(CC[C@@H]2C1)C1CC[C@H]([C@@H](C)O[Si](C)(C)C)[C@@]1(C)C[C@@H]3O[Si](C)(C)C. The van der Waals surface area contributed by atoms with Gasteiger partial charge in [-0.15, -0.1) is 0 Å². The first-order valence-electron chi connectivity index (χ1n) is 14.1. The van der Waals surface area contributed by atoms with Gasteiger partial charge in [0.25, 0.3) is 0 Å². The Morgan fingerprint density at radius 2 is 1.65 bits per heavy atom. The molecular formula is C28H53NO3Si2. The summed E-state index contributed by atoms with van der Waals surface area (Å²) in [6.07, 6.45) is 10.9. The van der Waals surface area contributed by atoms with E-state index in [-0.39, 0.29) is 0 Å². The number of rotatable bonds is 6. The first-order chi connectivity index (χ1) is 15.7. The van der Waals surface area contributed by atoms with Crippen LogP contribution in [-0.2, 0) is 13.7 Å². The van der Waals surface area contributed by atoms with Gasteiger partial charge in [-0.25, -0.2) is 0 Å². The number of fused-ring (bicyclic) bond motifs is 5. The van der Waals surface area contributed by atoms with Crippen molar-refractivity contribution in [3.8, 4) is 0 Å². The first-order valence-corrected chi connectivity index (χ1v) is 20.9. The predicted octanol–water partition coefficient (Wildman–Crippen LogP) is 7.72. The molecule has 0 saturated heterocycles. The van der Waals surface area contributed by atoms with Crippen LogP contribution >= 0.6 is 0 Å². The van der Waals surface area contributed by atoms with Crippen molar-refractivity contribution in [2.24, 2.45) is 45.6 Å². The highest BCUT2D eigenvalue weighted by Gasteiger charge is 2.64. The molecule has 3 unspecified atom stereocenters. The van der Waals surface area contributed by atoms with Gasteiger partial charge in [-0.2, -0.15) is 0 Å². The molecular weight excluding hydrogens is 454 g/mol. The Morgan fingerprint density at radius 1 is 0.941 bits per heavy atom. The van der Waals surface area contributed by atoms with Crippen LogP contribution in [0.3, 0.4) is 0 Å². The smallest absolute Gasteiger partial charge is 0.184 e. The molecule has 4 aliphatic carbocycles. The lowest BCUT2D eigenvalue weighted by atomic mass is 9.44. The van der Waals surface area contributed by atoms with Gasteiger partial charge in [0.15, 0.2) is 16.6 Å². The van der Waals surface area contributed by atoms with Crippen molar-refractivity contribution in [3.05, 3.63) is 0 Å². The Bertz CT molecular complexity index is 775. The van der Waals surface area contributed by atoms with Gasteiger partial charge in [-0.1, -0.05) is 19.0 Å². The average molecular weight is 508 g/mol. The summed E-state index contributed by atoms with van der Waals surface area (Å²) in [5.41, 5.74) is 1.98. The standard InChI is InChI=1S/C28H53NO3Si2/c1-19(31-33(5,6)7)23-13-14-24-22-12-11-20-17-21(29-30-4)15-16-27(20,2)26(22)25(18-28(23,24)3)32-34(8,9)10/h19-20,22-26H,11-18H2,1-10H3/t19-,20-,22?,23-,24?,25+,26?,27+,28-/m1/s1. The van der Waals surface area contributed by atoms with Crippen molar-refractivity contribution < 1.29 is 13.7 Å². The Balaban J connectivity index is 1.67. The van der Waals surface area contributed by atoms with Crippen molar-refractivity contribution in [2.75, 3.05) is 7.11 Å². The molecule has 0 N–H and O–H groups in total. The maximum Gasteiger partial charge on any atom is 0.184 e. The molecule has 196 valence electrons. The molecule has 0 aromatic rings. The highest BCUT2D eigenvalue weighted by atomic mass is 28.4. The summed E-state index contributed by atoms with van der Waals surface area (Å²) in [6, 6.07) is 0. The van der Waals surface area contributed by atoms with E-state index in [1.165, 1.54) is 44.2 Å². The van der Waals surface area contributed by atoms with Crippen LogP contribution in [0.4, 0.5) is 0 Å². The van der Waals surface area contributed by atoms with Crippen LogP contribution in [0.2, 0.25) is 39.3 Å². The van der Waals surface area contributed by atoms with Gasteiger partial charge in [0.1, 0.15) is 7.11 Å². The lowest BCUT2D eigenvalue weighted by Gasteiger charge is -2.63. The number of hydrogen-bond donors (Lipinski definition) is 0. The minimum absolute atomic E-state index is 0.338. The van der Waals surface area contributed by atoms with E-state index in [2.05, 4.69) is 65.2 Å². The molecule has 0 aromatic carbocycles. The molecule has 0 spiro atoms. The van der Waals surface area contributed by atoms with Gasteiger partial charge in [0.05, 0.1) is 5.71 Å². The number of oxime groups is 1. The van der Waals surface area contributed by atoms with E-state index < -0.39 is 16.6 Å². The largest absolute Gasteiger partial charge is 0.415 e. The second-order valence-corrected chi connectivity index (χ2v) is 23.6. The average Bonchev–Trinajstić information content (AvgIpc) is 3.02. The first kappa shape index (κ1) is 26.9. The van der Waals surface area contributed by atoms with E-state index in [1.807, 2.05) is 0 Å². The second-order valence-electron chi connectivity index (χ2n) is 14.7. The minimum Gasteiger partial charge on any atom is -0.415 e. The highest BCUT2D eigenvalue weighted by Crippen LogP contribution is 2.68. The highest BCUT2D eigenvalue weighted by molar-refractivity contribution is 6.70. The van der Waals surface area contributed by atoms with Gasteiger partial charge in [-0.3, -0.25) is 0 Å². The van der Waals surface area contributed by atoms with Crippen molar-refractivity contribution in [2.45, 2.75) is 124 Å². The van der Waals surface area contributed by atoms with E-state index in [0.29, 0.717) is 34.9 Å². The lowest BCUT2D eigenvalue weighted by Crippen LogP contribution is -2.61. The molecule has 0 aromatic heterocycles. The van der Waals surface area contributed by atoms with Gasteiger partial charge in [0.2, 0.25) is 0 Å².